The third-order valence-electron chi connectivity index (χ3n) is 3.79. The monoisotopic (exact) mass is 368 g/mol. The van der Waals surface area contributed by atoms with Crippen LogP contribution in [0.5, 0.6) is 0 Å². The number of rotatable bonds is 7. The molecule has 134 valence electrons. The number of halogens is 1. The van der Waals surface area contributed by atoms with E-state index >= 15 is 0 Å². The molecule has 0 aliphatic heterocycles. The first-order valence-electron chi connectivity index (χ1n) is 8.43. The molecule has 2 heterocycles. The molecule has 3 aromatic rings. The molecule has 0 aliphatic carbocycles. The van der Waals surface area contributed by atoms with Crippen molar-refractivity contribution < 1.29 is 0 Å². The molecule has 0 saturated heterocycles. The molecule has 0 bridgehead atoms. The molecule has 0 saturated carbocycles. The van der Waals surface area contributed by atoms with Crippen LogP contribution in [-0.2, 0) is 0 Å². The fourth-order valence-electron chi connectivity index (χ4n) is 2.52. The second kappa shape index (κ2) is 8.60. The molecule has 0 unspecified atom stereocenters. The van der Waals surface area contributed by atoms with E-state index in [4.69, 9.17) is 17.3 Å². The van der Waals surface area contributed by atoms with Crippen LogP contribution in [0, 0.1) is 6.92 Å². The standard InChI is InChI=1S/C19H21ClN6/c1-13-12-24-19(25-15-6-2-5-14(20)11-15)26-17(13)16-7-3-9-22-18(16)23-10-4-8-21/h2-3,5-7,9,11-12H,4,8,10,21H2,1H3,(H,22,23)(H,24,25,26). The van der Waals surface area contributed by atoms with Gasteiger partial charge in [0.15, 0.2) is 0 Å². The van der Waals surface area contributed by atoms with Crippen LogP contribution in [0.15, 0.2) is 48.8 Å². The topological polar surface area (TPSA) is 88.8 Å². The molecule has 4 N–H and O–H groups in total. The summed E-state index contributed by atoms with van der Waals surface area (Å²) in [6.45, 7) is 3.38. The molecule has 6 nitrogen and oxygen atoms in total. The van der Waals surface area contributed by atoms with E-state index in [1.165, 1.54) is 0 Å². The van der Waals surface area contributed by atoms with Crippen molar-refractivity contribution in [2.45, 2.75) is 13.3 Å². The number of nitrogens with one attached hydrogen (secondary N) is 2. The summed E-state index contributed by atoms with van der Waals surface area (Å²) in [6.07, 6.45) is 4.43. The number of hydrogen-bond acceptors (Lipinski definition) is 6. The number of hydrogen-bond donors (Lipinski definition) is 3. The number of pyridine rings is 1. The smallest absolute Gasteiger partial charge is 0.227 e. The lowest BCUT2D eigenvalue weighted by atomic mass is 10.1. The quantitative estimate of drug-likeness (QED) is 0.546. The van der Waals surface area contributed by atoms with E-state index in [1.807, 2.05) is 43.3 Å². The van der Waals surface area contributed by atoms with Crippen molar-refractivity contribution in [2.24, 2.45) is 5.73 Å². The Morgan fingerprint density at radius 3 is 2.85 bits per heavy atom. The third-order valence-corrected chi connectivity index (χ3v) is 4.02. The van der Waals surface area contributed by atoms with E-state index in [9.17, 15) is 0 Å². The molecule has 26 heavy (non-hydrogen) atoms. The summed E-state index contributed by atoms with van der Waals surface area (Å²) in [5.74, 6) is 1.29. The van der Waals surface area contributed by atoms with Gasteiger partial charge in [-0.1, -0.05) is 17.7 Å². The maximum absolute atomic E-state index is 6.04. The highest BCUT2D eigenvalue weighted by molar-refractivity contribution is 6.30. The zero-order valence-electron chi connectivity index (χ0n) is 14.5. The zero-order valence-corrected chi connectivity index (χ0v) is 15.3. The number of anilines is 3. The Hall–Kier alpha value is -2.70. The van der Waals surface area contributed by atoms with Gasteiger partial charge in [-0.3, -0.25) is 0 Å². The minimum absolute atomic E-state index is 0.504. The molecule has 0 spiro atoms. The van der Waals surface area contributed by atoms with Gasteiger partial charge >= 0.3 is 0 Å². The van der Waals surface area contributed by atoms with Crippen LogP contribution in [0.3, 0.4) is 0 Å². The summed E-state index contributed by atoms with van der Waals surface area (Å²) >= 11 is 6.04. The third kappa shape index (κ3) is 4.47. The van der Waals surface area contributed by atoms with Crippen molar-refractivity contribution >= 4 is 29.1 Å². The van der Waals surface area contributed by atoms with Gasteiger partial charge in [0.1, 0.15) is 5.82 Å². The number of aryl methyl sites for hydroxylation is 1. The summed E-state index contributed by atoms with van der Waals surface area (Å²) in [4.78, 5) is 13.5. The van der Waals surface area contributed by atoms with E-state index in [0.717, 1.165) is 41.3 Å². The van der Waals surface area contributed by atoms with Crippen LogP contribution in [0.2, 0.25) is 5.02 Å². The molecule has 3 rings (SSSR count). The van der Waals surface area contributed by atoms with Gasteiger partial charge < -0.3 is 16.4 Å². The molecule has 7 heteroatoms. The molecule has 0 aliphatic rings. The van der Waals surface area contributed by atoms with Gasteiger partial charge in [0.25, 0.3) is 0 Å². The predicted molar refractivity (Wildman–Crippen MR) is 107 cm³/mol. The maximum atomic E-state index is 6.04. The van der Waals surface area contributed by atoms with Gasteiger partial charge in [-0.2, -0.15) is 0 Å². The maximum Gasteiger partial charge on any atom is 0.227 e. The molecule has 0 fully saturated rings. The van der Waals surface area contributed by atoms with Crippen molar-refractivity contribution in [1.29, 1.82) is 0 Å². The van der Waals surface area contributed by atoms with Gasteiger partial charge in [-0.15, -0.1) is 0 Å². The number of aromatic nitrogens is 3. The summed E-state index contributed by atoms with van der Waals surface area (Å²) in [6, 6.07) is 11.3. The Bertz CT molecular complexity index is 883. The first kappa shape index (κ1) is 18.1. The van der Waals surface area contributed by atoms with Crippen molar-refractivity contribution in [3.05, 3.63) is 59.4 Å². The summed E-state index contributed by atoms with van der Waals surface area (Å²) in [5.41, 5.74) is 9.13. The SMILES string of the molecule is Cc1cnc(Nc2cccc(Cl)c2)nc1-c1cccnc1NCCCN. The second-order valence-electron chi connectivity index (χ2n) is 5.83. The molecule has 2 aromatic heterocycles. The van der Waals surface area contributed by atoms with Crippen LogP contribution < -0.4 is 16.4 Å². The first-order valence-corrected chi connectivity index (χ1v) is 8.80. The van der Waals surface area contributed by atoms with E-state index < -0.39 is 0 Å². The lowest BCUT2D eigenvalue weighted by Gasteiger charge is -2.13. The van der Waals surface area contributed by atoms with Crippen LogP contribution in [0.1, 0.15) is 12.0 Å². The minimum Gasteiger partial charge on any atom is -0.369 e. The Labute approximate surface area is 157 Å². The predicted octanol–water partition coefficient (Wildman–Crippen LogP) is 4.00. The largest absolute Gasteiger partial charge is 0.369 e. The average molecular weight is 369 g/mol. The Morgan fingerprint density at radius 2 is 2.04 bits per heavy atom. The first-order chi connectivity index (χ1) is 12.7. The van der Waals surface area contributed by atoms with Crippen LogP contribution in [-0.4, -0.2) is 28.0 Å². The highest BCUT2D eigenvalue weighted by Gasteiger charge is 2.12. The molecular weight excluding hydrogens is 348 g/mol. The molecular formula is C19H21ClN6. The number of nitrogens with zero attached hydrogens (tertiary/aromatic N) is 3. The fraction of sp³-hybridized carbons (Fsp3) is 0.211. The number of benzene rings is 1. The van der Waals surface area contributed by atoms with Crippen molar-refractivity contribution in [1.82, 2.24) is 15.0 Å². The Morgan fingerprint density at radius 1 is 1.15 bits per heavy atom. The van der Waals surface area contributed by atoms with Gasteiger partial charge in [0.2, 0.25) is 5.95 Å². The Kier molecular flexibility index (Phi) is 5.99. The van der Waals surface area contributed by atoms with E-state index in [-0.39, 0.29) is 0 Å². The highest BCUT2D eigenvalue weighted by atomic mass is 35.5. The normalized spacial score (nSPS) is 10.6. The highest BCUT2D eigenvalue weighted by Crippen LogP contribution is 2.28. The average Bonchev–Trinajstić information content (AvgIpc) is 2.64. The van der Waals surface area contributed by atoms with Crippen molar-refractivity contribution in [2.75, 3.05) is 23.7 Å². The summed E-state index contributed by atoms with van der Waals surface area (Å²) in [5, 5.41) is 7.17. The number of nitrogens with two attached hydrogens (primary N) is 1. The molecule has 0 radical (unpaired) electrons. The van der Waals surface area contributed by atoms with Crippen LogP contribution >= 0.6 is 11.6 Å². The summed E-state index contributed by atoms with van der Waals surface area (Å²) < 4.78 is 0. The van der Waals surface area contributed by atoms with E-state index in [0.29, 0.717) is 17.5 Å². The van der Waals surface area contributed by atoms with Gasteiger partial charge in [-0.25, -0.2) is 15.0 Å². The van der Waals surface area contributed by atoms with Crippen molar-refractivity contribution in [3.8, 4) is 11.3 Å². The molecule has 0 atom stereocenters. The second-order valence-corrected chi connectivity index (χ2v) is 6.27. The van der Waals surface area contributed by atoms with Crippen LogP contribution in [0.4, 0.5) is 17.5 Å². The zero-order chi connectivity index (χ0) is 18.4. The van der Waals surface area contributed by atoms with Gasteiger partial charge in [0, 0.05) is 35.2 Å². The Balaban J connectivity index is 1.91. The van der Waals surface area contributed by atoms with Crippen molar-refractivity contribution in [3.63, 3.8) is 0 Å². The van der Waals surface area contributed by atoms with Crippen LogP contribution in [0.25, 0.3) is 11.3 Å². The lowest BCUT2D eigenvalue weighted by Crippen LogP contribution is -2.10. The van der Waals surface area contributed by atoms with Gasteiger partial charge in [0.05, 0.1) is 5.69 Å². The van der Waals surface area contributed by atoms with E-state index in [2.05, 4.69) is 25.6 Å². The molecule has 0 amide bonds. The van der Waals surface area contributed by atoms with Gasteiger partial charge in [-0.05, 0) is 55.8 Å². The summed E-state index contributed by atoms with van der Waals surface area (Å²) in [7, 11) is 0. The lowest BCUT2D eigenvalue weighted by molar-refractivity contribution is 0.870. The molecule has 1 aromatic carbocycles. The van der Waals surface area contributed by atoms with E-state index in [1.54, 1.807) is 12.4 Å². The fourth-order valence-corrected chi connectivity index (χ4v) is 2.71. The minimum atomic E-state index is 0.504.